The molecule has 0 aliphatic heterocycles. The quantitative estimate of drug-likeness (QED) is 0.507. The fourth-order valence-electron chi connectivity index (χ4n) is 3.06. The first-order valence-corrected chi connectivity index (χ1v) is 11.8. The Kier molecular flexibility index (Phi) is 7.90. The summed E-state index contributed by atoms with van der Waals surface area (Å²) < 4.78 is 32.9. The molecular weight excluding hydrogens is 448 g/mol. The summed E-state index contributed by atoms with van der Waals surface area (Å²) >= 11 is 6.26. The van der Waals surface area contributed by atoms with E-state index >= 15 is 0 Å². The summed E-state index contributed by atoms with van der Waals surface area (Å²) in [6.45, 7) is 1.79. The topological polar surface area (TPSA) is 75.7 Å². The van der Waals surface area contributed by atoms with E-state index < -0.39 is 15.9 Å². The van der Waals surface area contributed by atoms with Gasteiger partial charge in [0.1, 0.15) is 5.75 Å². The lowest BCUT2D eigenvalue weighted by Crippen LogP contribution is -2.40. The van der Waals surface area contributed by atoms with Crippen LogP contribution in [0.2, 0.25) is 5.02 Å². The second-order valence-corrected chi connectivity index (χ2v) is 9.65. The Hall–Kier alpha value is -2.87. The largest absolute Gasteiger partial charge is 0.497 e. The van der Waals surface area contributed by atoms with Crippen molar-refractivity contribution in [3.8, 4) is 5.75 Å². The van der Waals surface area contributed by atoms with Gasteiger partial charge in [0.25, 0.3) is 0 Å². The Balaban J connectivity index is 1.79. The van der Waals surface area contributed by atoms with Gasteiger partial charge in [0.15, 0.2) is 0 Å². The van der Waals surface area contributed by atoms with Gasteiger partial charge in [-0.3, -0.25) is 4.79 Å². The number of amides is 1. The molecule has 1 N–H and O–H groups in total. The first-order chi connectivity index (χ1) is 15.3. The first kappa shape index (κ1) is 23.8. The van der Waals surface area contributed by atoms with Crippen LogP contribution >= 0.6 is 11.6 Å². The maximum absolute atomic E-state index is 13.3. The highest BCUT2D eigenvalue weighted by molar-refractivity contribution is 7.89. The molecule has 3 rings (SSSR count). The SMILES string of the molecule is COc1ccc(CNC(=O)CN(Cc2ccccc2Cl)S(=O)(=O)c2ccc(C)cc2)cc1. The predicted molar refractivity (Wildman–Crippen MR) is 125 cm³/mol. The molecule has 0 atom stereocenters. The number of carbonyl (C=O) groups is 1. The Labute approximate surface area is 193 Å². The highest BCUT2D eigenvalue weighted by atomic mass is 35.5. The van der Waals surface area contributed by atoms with Crippen LogP contribution in [-0.2, 0) is 27.9 Å². The van der Waals surface area contributed by atoms with E-state index in [1.165, 1.54) is 0 Å². The molecule has 8 heteroatoms. The van der Waals surface area contributed by atoms with Gasteiger partial charge in [-0.2, -0.15) is 4.31 Å². The highest BCUT2D eigenvalue weighted by Gasteiger charge is 2.27. The molecule has 0 saturated heterocycles. The molecule has 0 aliphatic carbocycles. The summed E-state index contributed by atoms with van der Waals surface area (Å²) in [5, 5.41) is 3.22. The number of hydrogen-bond acceptors (Lipinski definition) is 4. The van der Waals surface area contributed by atoms with Crippen LogP contribution in [-0.4, -0.2) is 32.3 Å². The Morgan fingerprint density at radius 2 is 1.66 bits per heavy atom. The monoisotopic (exact) mass is 472 g/mol. The number of rotatable bonds is 9. The van der Waals surface area contributed by atoms with Crippen LogP contribution in [0, 0.1) is 6.92 Å². The minimum Gasteiger partial charge on any atom is -0.497 e. The van der Waals surface area contributed by atoms with Gasteiger partial charge in [-0.25, -0.2) is 8.42 Å². The first-order valence-electron chi connectivity index (χ1n) is 9.99. The van der Waals surface area contributed by atoms with Gasteiger partial charge in [-0.1, -0.05) is 59.6 Å². The van der Waals surface area contributed by atoms with Gasteiger partial charge in [-0.05, 0) is 48.4 Å². The Morgan fingerprint density at radius 1 is 1.00 bits per heavy atom. The molecule has 0 spiro atoms. The lowest BCUT2D eigenvalue weighted by molar-refractivity contribution is -0.121. The van der Waals surface area contributed by atoms with Crippen molar-refractivity contribution in [2.75, 3.05) is 13.7 Å². The Morgan fingerprint density at radius 3 is 2.28 bits per heavy atom. The van der Waals surface area contributed by atoms with Crippen molar-refractivity contribution in [2.24, 2.45) is 0 Å². The molecule has 6 nitrogen and oxygen atoms in total. The van der Waals surface area contributed by atoms with E-state index in [0.29, 0.717) is 10.6 Å². The molecular formula is C24H25ClN2O4S. The van der Waals surface area contributed by atoms with E-state index in [2.05, 4.69) is 5.32 Å². The summed E-state index contributed by atoms with van der Waals surface area (Å²) in [7, 11) is -2.34. The maximum atomic E-state index is 13.3. The molecule has 0 heterocycles. The number of halogens is 1. The van der Waals surface area contributed by atoms with E-state index in [1.807, 2.05) is 19.1 Å². The van der Waals surface area contributed by atoms with Gasteiger partial charge >= 0.3 is 0 Å². The summed E-state index contributed by atoms with van der Waals surface area (Å²) in [5.41, 5.74) is 2.44. The molecule has 3 aromatic carbocycles. The van der Waals surface area contributed by atoms with Crippen molar-refractivity contribution in [2.45, 2.75) is 24.9 Å². The average molecular weight is 473 g/mol. The highest BCUT2D eigenvalue weighted by Crippen LogP contribution is 2.22. The van der Waals surface area contributed by atoms with E-state index in [9.17, 15) is 13.2 Å². The number of aryl methyl sites for hydroxylation is 1. The van der Waals surface area contributed by atoms with Crippen molar-refractivity contribution in [3.05, 3.63) is 94.5 Å². The molecule has 1 amide bonds. The van der Waals surface area contributed by atoms with Crippen molar-refractivity contribution in [3.63, 3.8) is 0 Å². The average Bonchev–Trinajstić information content (AvgIpc) is 2.79. The molecule has 0 radical (unpaired) electrons. The molecule has 0 fully saturated rings. The van der Waals surface area contributed by atoms with Crippen molar-refractivity contribution >= 4 is 27.5 Å². The number of nitrogens with one attached hydrogen (secondary N) is 1. The zero-order valence-corrected chi connectivity index (χ0v) is 19.5. The number of hydrogen-bond donors (Lipinski definition) is 1. The number of benzene rings is 3. The zero-order valence-electron chi connectivity index (χ0n) is 17.9. The minimum absolute atomic E-state index is 0.0220. The molecule has 3 aromatic rings. The third-order valence-electron chi connectivity index (χ3n) is 4.93. The standard InChI is InChI=1S/C24H25ClN2O4S/c1-18-7-13-22(14-8-18)32(29,30)27(16-20-5-3-4-6-23(20)25)17-24(28)26-15-19-9-11-21(31-2)12-10-19/h3-14H,15-17H2,1-2H3,(H,26,28). The number of nitrogens with zero attached hydrogens (tertiary/aromatic N) is 1. The van der Waals surface area contributed by atoms with Crippen LogP contribution in [0.4, 0.5) is 0 Å². The molecule has 0 aliphatic rings. The second kappa shape index (κ2) is 10.6. The smallest absolute Gasteiger partial charge is 0.243 e. The molecule has 168 valence electrons. The van der Waals surface area contributed by atoms with Gasteiger partial charge in [0.05, 0.1) is 18.6 Å². The van der Waals surface area contributed by atoms with E-state index in [0.717, 1.165) is 21.2 Å². The lowest BCUT2D eigenvalue weighted by atomic mass is 10.2. The van der Waals surface area contributed by atoms with E-state index in [-0.39, 0.29) is 24.5 Å². The molecule has 0 saturated carbocycles. The van der Waals surface area contributed by atoms with Gasteiger partial charge in [0, 0.05) is 18.1 Å². The van der Waals surface area contributed by atoms with E-state index in [4.69, 9.17) is 16.3 Å². The number of methoxy groups -OCH3 is 1. The van der Waals surface area contributed by atoms with Crippen LogP contribution in [0.25, 0.3) is 0 Å². The molecule has 0 aromatic heterocycles. The van der Waals surface area contributed by atoms with Crippen molar-refractivity contribution < 1.29 is 17.9 Å². The summed E-state index contributed by atoms with van der Waals surface area (Å²) in [5.74, 6) is 0.304. The zero-order chi connectivity index (χ0) is 23.1. The van der Waals surface area contributed by atoms with Crippen molar-refractivity contribution in [1.82, 2.24) is 9.62 Å². The van der Waals surface area contributed by atoms with Crippen LogP contribution < -0.4 is 10.1 Å². The van der Waals surface area contributed by atoms with Crippen molar-refractivity contribution in [1.29, 1.82) is 0 Å². The predicted octanol–water partition coefficient (Wildman–Crippen LogP) is 4.16. The van der Waals surface area contributed by atoms with Crippen LogP contribution in [0.3, 0.4) is 0 Å². The van der Waals surface area contributed by atoms with Crippen LogP contribution in [0.1, 0.15) is 16.7 Å². The third-order valence-corrected chi connectivity index (χ3v) is 7.11. The van der Waals surface area contributed by atoms with Gasteiger partial charge in [0.2, 0.25) is 15.9 Å². The summed E-state index contributed by atoms with van der Waals surface area (Å²) in [4.78, 5) is 12.8. The fourth-order valence-corrected chi connectivity index (χ4v) is 4.63. The van der Waals surface area contributed by atoms with Gasteiger partial charge in [-0.15, -0.1) is 0 Å². The lowest BCUT2D eigenvalue weighted by Gasteiger charge is -2.22. The number of ether oxygens (including phenoxy) is 1. The van der Waals surface area contributed by atoms with Crippen LogP contribution in [0.5, 0.6) is 5.75 Å². The summed E-state index contributed by atoms with van der Waals surface area (Å²) in [6.07, 6.45) is 0. The van der Waals surface area contributed by atoms with Gasteiger partial charge < -0.3 is 10.1 Å². The number of carbonyl (C=O) groups excluding carboxylic acids is 1. The minimum atomic E-state index is -3.92. The Bertz CT molecular complexity index is 1160. The normalized spacial score (nSPS) is 11.4. The molecule has 0 bridgehead atoms. The molecule has 0 unspecified atom stereocenters. The maximum Gasteiger partial charge on any atom is 0.243 e. The molecule has 32 heavy (non-hydrogen) atoms. The van der Waals surface area contributed by atoms with E-state index in [1.54, 1.807) is 67.8 Å². The summed E-state index contributed by atoms with van der Waals surface area (Å²) in [6, 6.07) is 20.8. The third kappa shape index (κ3) is 6.09. The fraction of sp³-hybridized carbons (Fsp3) is 0.208. The van der Waals surface area contributed by atoms with Crippen LogP contribution in [0.15, 0.2) is 77.7 Å². The number of sulfonamides is 1. The second-order valence-electron chi connectivity index (χ2n) is 7.30.